The average molecular weight is 727 g/mol. The van der Waals surface area contributed by atoms with Gasteiger partial charge in [-0.3, -0.25) is 14.4 Å². The van der Waals surface area contributed by atoms with E-state index in [1.54, 1.807) is 0 Å². The molecule has 0 fully saturated rings. The standard InChI is InChI=1S/C46H78O6/c1-4-7-10-13-16-19-22-24-27-30-33-36-39-45(48)51-42-43(41-50-44(47)38-35-32-29-26-21-18-15-12-9-6-3)52-46(49)40-37-34-31-28-25-23-20-17-14-11-8-5-2/h7-8,10-11,16-17,19-20,24,27,43H,4-6,9,12-15,18,21-23,25-26,28-42H2,1-3H3/b10-7-,11-8-,19-16-,20-17-,27-24-. The Bertz CT molecular complexity index is 975. The lowest BCUT2D eigenvalue weighted by Crippen LogP contribution is -2.30. The highest BCUT2D eigenvalue weighted by atomic mass is 16.6. The summed E-state index contributed by atoms with van der Waals surface area (Å²) in [5.41, 5.74) is 0. The number of hydrogen-bond acceptors (Lipinski definition) is 6. The maximum Gasteiger partial charge on any atom is 0.306 e. The number of hydrogen-bond donors (Lipinski definition) is 0. The van der Waals surface area contributed by atoms with Gasteiger partial charge in [0.2, 0.25) is 0 Å². The largest absolute Gasteiger partial charge is 0.462 e. The Morgan fingerprint density at radius 3 is 1.21 bits per heavy atom. The lowest BCUT2D eigenvalue weighted by molar-refractivity contribution is -0.167. The molecule has 0 N–H and O–H groups in total. The van der Waals surface area contributed by atoms with Crippen LogP contribution in [0.4, 0.5) is 0 Å². The van der Waals surface area contributed by atoms with E-state index >= 15 is 0 Å². The van der Waals surface area contributed by atoms with Gasteiger partial charge in [0.1, 0.15) is 13.2 Å². The molecule has 6 nitrogen and oxygen atoms in total. The molecule has 0 heterocycles. The van der Waals surface area contributed by atoms with Gasteiger partial charge in [0, 0.05) is 19.3 Å². The molecule has 0 saturated heterocycles. The van der Waals surface area contributed by atoms with Crippen molar-refractivity contribution in [1.82, 2.24) is 0 Å². The van der Waals surface area contributed by atoms with E-state index in [0.29, 0.717) is 19.3 Å². The number of carbonyl (C=O) groups is 3. The van der Waals surface area contributed by atoms with E-state index in [1.165, 1.54) is 44.9 Å². The van der Waals surface area contributed by atoms with Crippen LogP contribution in [0.15, 0.2) is 60.8 Å². The molecule has 0 aromatic carbocycles. The van der Waals surface area contributed by atoms with Gasteiger partial charge in [-0.25, -0.2) is 0 Å². The van der Waals surface area contributed by atoms with Crippen molar-refractivity contribution in [2.24, 2.45) is 0 Å². The SMILES string of the molecule is CC/C=C\C/C=C\C/C=C\CCCCC(=O)OCC(COC(=O)CCCCCCCCCCCC)OC(=O)CCCCCCC/C=C\C/C=C\CC. The topological polar surface area (TPSA) is 78.9 Å². The molecule has 298 valence electrons. The van der Waals surface area contributed by atoms with E-state index in [1.807, 2.05) is 0 Å². The fourth-order valence-electron chi connectivity index (χ4n) is 5.61. The van der Waals surface area contributed by atoms with Crippen LogP contribution in [0.25, 0.3) is 0 Å². The highest BCUT2D eigenvalue weighted by Crippen LogP contribution is 2.13. The summed E-state index contributed by atoms with van der Waals surface area (Å²) in [6.07, 6.45) is 47.8. The molecule has 0 aromatic heterocycles. The first kappa shape index (κ1) is 49.1. The third-order valence-corrected chi connectivity index (χ3v) is 8.77. The van der Waals surface area contributed by atoms with E-state index in [9.17, 15) is 14.4 Å². The zero-order valence-electron chi connectivity index (χ0n) is 33.8. The van der Waals surface area contributed by atoms with Crippen LogP contribution < -0.4 is 0 Å². The van der Waals surface area contributed by atoms with E-state index in [0.717, 1.165) is 109 Å². The molecular formula is C46H78O6. The molecule has 1 atom stereocenters. The summed E-state index contributed by atoms with van der Waals surface area (Å²) in [6.45, 7) is 6.32. The van der Waals surface area contributed by atoms with Crippen molar-refractivity contribution in [3.8, 4) is 0 Å². The molecule has 0 aliphatic rings. The van der Waals surface area contributed by atoms with Crippen molar-refractivity contribution in [3.63, 3.8) is 0 Å². The molecular weight excluding hydrogens is 648 g/mol. The van der Waals surface area contributed by atoms with Crippen LogP contribution in [0.2, 0.25) is 0 Å². The molecule has 0 radical (unpaired) electrons. The molecule has 0 amide bonds. The summed E-state index contributed by atoms with van der Waals surface area (Å²) in [5.74, 6) is -0.956. The molecule has 52 heavy (non-hydrogen) atoms. The number of esters is 3. The number of rotatable bonds is 37. The van der Waals surface area contributed by atoms with E-state index in [2.05, 4.69) is 81.5 Å². The molecule has 0 aliphatic carbocycles. The molecule has 6 heteroatoms. The second kappa shape index (κ2) is 40.9. The van der Waals surface area contributed by atoms with Crippen LogP contribution in [-0.4, -0.2) is 37.2 Å². The first-order chi connectivity index (χ1) is 25.5. The molecule has 0 rings (SSSR count). The number of ether oxygens (including phenoxy) is 3. The summed E-state index contributed by atoms with van der Waals surface area (Å²) in [4.78, 5) is 37.6. The van der Waals surface area contributed by atoms with Crippen LogP contribution in [0.1, 0.15) is 194 Å². The highest BCUT2D eigenvalue weighted by Gasteiger charge is 2.19. The van der Waals surface area contributed by atoms with Gasteiger partial charge in [-0.15, -0.1) is 0 Å². The average Bonchev–Trinajstić information content (AvgIpc) is 3.14. The predicted octanol–water partition coefficient (Wildman–Crippen LogP) is 13.4. The monoisotopic (exact) mass is 727 g/mol. The number of unbranched alkanes of at least 4 members (excludes halogenated alkanes) is 16. The normalized spacial score (nSPS) is 12.6. The quantitative estimate of drug-likeness (QED) is 0.0274. The van der Waals surface area contributed by atoms with Crippen molar-refractivity contribution in [2.45, 2.75) is 200 Å². The summed E-state index contributed by atoms with van der Waals surface area (Å²) in [7, 11) is 0. The van der Waals surface area contributed by atoms with Crippen molar-refractivity contribution < 1.29 is 28.6 Å². The molecule has 0 bridgehead atoms. The van der Waals surface area contributed by atoms with Gasteiger partial charge in [0.05, 0.1) is 0 Å². The van der Waals surface area contributed by atoms with Gasteiger partial charge >= 0.3 is 17.9 Å². The van der Waals surface area contributed by atoms with Crippen molar-refractivity contribution >= 4 is 17.9 Å². The zero-order valence-corrected chi connectivity index (χ0v) is 33.8. The lowest BCUT2D eigenvalue weighted by Gasteiger charge is -2.18. The third-order valence-electron chi connectivity index (χ3n) is 8.77. The minimum Gasteiger partial charge on any atom is -0.462 e. The summed E-state index contributed by atoms with van der Waals surface area (Å²) < 4.78 is 16.6. The Hall–Kier alpha value is -2.89. The lowest BCUT2D eigenvalue weighted by atomic mass is 10.1. The highest BCUT2D eigenvalue weighted by molar-refractivity contribution is 5.71. The molecule has 0 aromatic rings. The Morgan fingerprint density at radius 1 is 0.404 bits per heavy atom. The number of carbonyl (C=O) groups excluding carboxylic acids is 3. The summed E-state index contributed by atoms with van der Waals surface area (Å²) in [6, 6.07) is 0. The smallest absolute Gasteiger partial charge is 0.306 e. The Morgan fingerprint density at radius 2 is 0.750 bits per heavy atom. The second-order valence-corrected chi connectivity index (χ2v) is 13.8. The number of allylic oxidation sites excluding steroid dienone is 10. The first-order valence-electron chi connectivity index (χ1n) is 21.3. The van der Waals surface area contributed by atoms with Crippen LogP contribution >= 0.6 is 0 Å². The Labute approximate surface area is 320 Å². The molecule has 0 saturated carbocycles. The Balaban J connectivity index is 4.46. The van der Waals surface area contributed by atoms with Gasteiger partial charge in [-0.05, 0) is 77.0 Å². The second-order valence-electron chi connectivity index (χ2n) is 13.8. The molecule has 1 unspecified atom stereocenters. The van der Waals surface area contributed by atoms with E-state index < -0.39 is 6.10 Å². The zero-order chi connectivity index (χ0) is 38.0. The molecule has 0 spiro atoms. The van der Waals surface area contributed by atoms with E-state index in [-0.39, 0.29) is 31.1 Å². The summed E-state index contributed by atoms with van der Waals surface area (Å²) >= 11 is 0. The van der Waals surface area contributed by atoms with Crippen LogP contribution in [0, 0.1) is 0 Å². The van der Waals surface area contributed by atoms with E-state index in [4.69, 9.17) is 14.2 Å². The van der Waals surface area contributed by atoms with Crippen LogP contribution in [0.3, 0.4) is 0 Å². The van der Waals surface area contributed by atoms with Crippen molar-refractivity contribution in [2.75, 3.05) is 13.2 Å². The van der Waals surface area contributed by atoms with Gasteiger partial charge in [-0.2, -0.15) is 0 Å². The van der Waals surface area contributed by atoms with Gasteiger partial charge < -0.3 is 14.2 Å². The van der Waals surface area contributed by atoms with Gasteiger partial charge in [0.15, 0.2) is 6.10 Å². The Kier molecular flexibility index (Phi) is 38.6. The minimum absolute atomic E-state index is 0.0918. The van der Waals surface area contributed by atoms with Crippen LogP contribution in [0.5, 0.6) is 0 Å². The maximum atomic E-state index is 12.7. The van der Waals surface area contributed by atoms with Gasteiger partial charge in [-0.1, -0.05) is 159 Å². The van der Waals surface area contributed by atoms with Crippen molar-refractivity contribution in [1.29, 1.82) is 0 Å². The van der Waals surface area contributed by atoms with Crippen molar-refractivity contribution in [3.05, 3.63) is 60.8 Å². The fourth-order valence-corrected chi connectivity index (χ4v) is 5.61. The maximum absolute atomic E-state index is 12.7. The first-order valence-corrected chi connectivity index (χ1v) is 21.3. The minimum atomic E-state index is -0.791. The van der Waals surface area contributed by atoms with Crippen LogP contribution in [-0.2, 0) is 28.6 Å². The fraction of sp³-hybridized carbons (Fsp3) is 0.717. The summed E-state index contributed by atoms with van der Waals surface area (Å²) in [5, 5.41) is 0. The van der Waals surface area contributed by atoms with Gasteiger partial charge in [0.25, 0.3) is 0 Å². The molecule has 0 aliphatic heterocycles. The third kappa shape index (κ3) is 38.3. The predicted molar refractivity (Wildman–Crippen MR) is 219 cm³/mol.